The molecule has 2 aromatic rings. The molecule has 1 atom stereocenters. The van der Waals surface area contributed by atoms with Gasteiger partial charge in [-0.3, -0.25) is 10.3 Å². The van der Waals surface area contributed by atoms with Crippen LogP contribution in [0.1, 0.15) is 26.3 Å². The van der Waals surface area contributed by atoms with Crippen LogP contribution in [0.3, 0.4) is 0 Å². The number of carbonyl (C=O) groups is 2. The Hall–Kier alpha value is -3.27. The maximum absolute atomic E-state index is 12.8. The second-order valence-electron chi connectivity index (χ2n) is 9.87. The number of ether oxygens (including phenoxy) is 1. The summed E-state index contributed by atoms with van der Waals surface area (Å²) in [5.41, 5.74) is 5.83. The molecular weight excluding hydrogens is 480 g/mol. The molecule has 2 heterocycles. The van der Waals surface area contributed by atoms with Crippen LogP contribution in [0, 0.1) is 5.41 Å². The summed E-state index contributed by atoms with van der Waals surface area (Å²) >= 11 is 5.94. The molecule has 0 aromatic heterocycles. The van der Waals surface area contributed by atoms with Gasteiger partial charge in [0, 0.05) is 30.3 Å². The van der Waals surface area contributed by atoms with Crippen LogP contribution in [-0.2, 0) is 11.3 Å². The van der Waals surface area contributed by atoms with Crippen LogP contribution in [0.2, 0.25) is 5.02 Å². The Labute approximate surface area is 216 Å². The molecule has 10 heteroatoms. The number of nitrogens with zero attached hydrogens (tertiary/aromatic N) is 2. The Morgan fingerprint density at radius 2 is 1.81 bits per heavy atom. The summed E-state index contributed by atoms with van der Waals surface area (Å²) in [7, 11) is 0. The van der Waals surface area contributed by atoms with Gasteiger partial charge in [-0.2, -0.15) is 0 Å². The molecule has 4 N–H and O–H groups in total. The van der Waals surface area contributed by atoms with E-state index in [1.807, 2.05) is 35.4 Å². The number of benzene rings is 2. The van der Waals surface area contributed by atoms with E-state index in [1.54, 1.807) is 29.2 Å². The van der Waals surface area contributed by atoms with Crippen molar-refractivity contribution in [3.8, 4) is 0 Å². The zero-order valence-electron chi connectivity index (χ0n) is 20.8. The molecule has 192 valence electrons. The molecule has 0 spiro atoms. The Balaban J connectivity index is 1.45. The molecule has 36 heavy (non-hydrogen) atoms. The predicted octanol–water partition coefficient (Wildman–Crippen LogP) is 4.28. The number of halogens is 1. The summed E-state index contributed by atoms with van der Waals surface area (Å²) in [6.45, 7) is 9.10. The van der Waals surface area contributed by atoms with Crippen molar-refractivity contribution in [1.29, 1.82) is 0 Å². The van der Waals surface area contributed by atoms with Gasteiger partial charge in [-0.25, -0.2) is 15.0 Å². The summed E-state index contributed by atoms with van der Waals surface area (Å²) in [6, 6.07) is 14.3. The van der Waals surface area contributed by atoms with Gasteiger partial charge in [-0.05, 0) is 53.5 Å². The van der Waals surface area contributed by atoms with E-state index in [-0.39, 0.29) is 23.5 Å². The molecule has 1 unspecified atom stereocenters. The van der Waals surface area contributed by atoms with Crippen molar-refractivity contribution in [3.63, 3.8) is 0 Å². The van der Waals surface area contributed by atoms with Crippen LogP contribution in [0.4, 0.5) is 21.0 Å². The molecule has 2 aromatic carbocycles. The molecular formula is C26H33ClN6O3. The largest absolute Gasteiger partial charge is 0.378 e. The molecule has 1 saturated heterocycles. The number of hydrogen-bond donors (Lipinski definition) is 4. The number of hydrogen-bond acceptors (Lipinski definition) is 5. The van der Waals surface area contributed by atoms with E-state index in [2.05, 4.69) is 42.1 Å². The molecule has 2 aliphatic rings. The van der Waals surface area contributed by atoms with Gasteiger partial charge in [0.05, 0.1) is 24.9 Å². The third-order valence-electron chi connectivity index (χ3n) is 6.02. The van der Waals surface area contributed by atoms with Gasteiger partial charge < -0.3 is 20.3 Å². The first-order chi connectivity index (χ1) is 17.2. The maximum Gasteiger partial charge on any atom is 0.324 e. The van der Waals surface area contributed by atoms with Gasteiger partial charge in [0.1, 0.15) is 5.82 Å². The lowest BCUT2D eigenvalue weighted by Gasteiger charge is -2.30. The Bertz CT molecular complexity index is 1110. The fraction of sp³-hybridized carbons (Fsp3) is 0.385. The highest BCUT2D eigenvalue weighted by Crippen LogP contribution is 2.29. The van der Waals surface area contributed by atoms with Crippen molar-refractivity contribution in [1.82, 2.24) is 21.0 Å². The van der Waals surface area contributed by atoms with E-state index in [1.165, 1.54) is 0 Å². The zero-order valence-corrected chi connectivity index (χ0v) is 21.6. The monoisotopic (exact) mass is 512 g/mol. The number of morpholine rings is 1. The topological polar surface area (TPSA) is 98.0 Å². The zero-order chi connectivity index (χ0) is 25.7. The van der Waals surface area contributed by atoms with Crippen LogP contribution in [-0.4, -0.2) is 49.3 Å². The molecule has 0 aliphatic carbocycles. The lowest BCUT2D eigenvalue weighted by Crippen LogP contribution is -2.46. The Morgan fingerprint density at radius 1 is 1.08 bits per heavy atom. The minimum Gasteiger partial charge on any atom is -0.378 e. The van der Waals surface area contributed by atoms with E-state index in [0.29, 0.717) is 49.4 Å². The number of carbonyl (C=O) groups excluding carboxylic acids is 2. The molecule has 4 rings (SSSR count). The first-order valence-electron chi connectivity index (χ1n) is 12.0. The fourth-order valence-corrected chi connectivity index (χ4v) is 4.03. The molecule has 0 radical (unpaired) electrons. The van der Waals surface area contributed by atoms with Crippen LogP contribution in [0.5, 0.6) is 0 Å². The summed E-state index contributed by atoms with van der Waals surface area (Å²) in [6.07, 6.45) is 2.01. The number of amides is 4. The van der Waals surface area contributed by atoms with Crippen molar-refractivity contribution in [3.05, 3.63) is 71.0 Å². The lowest BCUT2D eigenvalue weighted by atomic mass is 9.87. The Morgan fingerprint density at radius 3 is 2.50 bits per heavy atom. The minimum atomic E-state index is -0.362. The molecule has 2 aliphatic heterocycles. The van der Waals surface area contributed by atoms with Crippen molar-refractivity contribution >= 4 is 35.0 Å². The van der Waals surface area contributed by atoms with E-state index in [9.17, 15) is 9.59 Å². The van der Waals surface area contributed by atoms with E-state index < -0.39 is 0 Å². The van der Waals surface area contributed by atoms with Crippen molar-refractivity contribution in [2.45, 2.75) is 33.4 Å². The van der Waals surface area contributed by atoms with Crippen LogP contribution < -0.4 is 26.4 Å². The average molecular weight is 513 g/mol. The van der Waals surface area contributed by atoms with Crippen molar-refractivity contribution < 1.29 is 14.3 Å². The highest BCUT2D eigenvalue weighted by Gasteiger charge is 2.33. The fourth-order valence-electron chi connectivity index (χ4n) is 3.91. The Kier molecular flexibility index (Phi) is 8.03. The van der Waals surface area contributed by atoms with E-state index in [4.69, 9.17) is 16.3 Å². The van der Waals surface area contributed by atoms with Gasteiger partial charge in [-0.1, -0.05) is 44.5 Å². The number of hydrazine groups is 1. The van der Waals surface area contributed by atoms with E-state index >= 15 is 0 Å². The maximum atomic E-state index is 12.8. The first kappa shape index (κ1) is 25.8. The minimum absolute atomic E-state index is 0.00647. The highest BCUT2D eigenvalue weighted by molar-refractivity contribution is 6.30. The van der Waals surface area contributed by atoms with E-state index in [0.717, 1.165) is 11.3 Å². The molecule has 1 fully saturated rings. The summed E-state index contributed by atoms with van der Waals surface area (Å²) < 4.78 is 5.31. The third-order valence-corrected chi connectivity index (χ3v) is 6.27. The summed E-state index contributed by atoms with van der Waals surface area (Å²) in [5.74, 6) is 0.621. The third kappa shape index (κ3) is 6.69. The smallest absolute Gasteiger partial charge is 0.324 e. The number of urea groups is 2. The van der Waals surface area contributed by atoms with Crippen molar-refractivity contribution in [2.75, 3.05) is 36.6 Å². The van der Waals surface area contributed by atoms with Gasteiger partial charge in [0.2, 0.25) is 0 Å². The second-order valence-corrected chi connectivity index (χ2v) is 10.3. The molecule has 0 bridgehead atoms. The molecule has 4 amide bonds. The highest BCUT2D eigenvalue weighted by atomic mass is 35.5. The lowest BCUT2D eigenvalue weighted by molar-refractivity contribution is 0.0531. The molecule has 0 saturated carbocycles. The van der Waals surface area contributed by atoms with Crippen LogP contribution >= 0.6 is 11.6 Å². The second kappa shape index (κ2) is 11.2. The number of anilines is 2. The normalized spacial score (nSPS) is 18.0. The van der Waals surface area contributed by atoms with Gasteiger partial charge in [0.15, 0.2) is 0 Å². The summed E-state index contributed by atoms with van der Waals surface area (Å²) in [4.78, 5) is 27.0. The van der Waals surface area contributed by atoms with Gasteiger partial charge in [-0.15, -0.1) is 0 Å². The molecule has 9 nitrogen and oxygen atoms in total. The average Bonchev–Trinajstić information content (AvgIpc) is 3.29. The predicted molar refractivity (Wildman–Crippen MR) is 142 cm³/mol. The number of rotatable bonds is 5. The van der Waals surface area contributed by atoms with Crippen LogP contribution in [0.25, 0.3) is 0 Å². The SMILES string of the molecule is CC(C)(C)C1C=C(NC(=O)Nc2ccc(Cl)cc2)N(c2cccc(CNC(=O)N3CCOCC3)c2)N1. The van der Waals surface area contributed by atoms with Crippen LogP contribution in [0.15, 0.2) is 60.4 Å². The van der Waals surface area contributed by atoms with Crippen molar-refractivity contribution in [2.24, 2.45) is 5.41 Å². The van der Waals surface area contributed by atoms with Gasteiger partial charge in [0.25, 0.3) is 0 Å². The number of nitrogens with one attached hydrogen (secondary N) is 4. The summed E-state index contributed by atoms with van der Waals surface area (Å²) in [5, 5.41) is 11.2. The van der Waals surface area contributed by atoms with Gasteiger partial charge >= 0.3 is 12.1 Å². The quantitative estimate of drug-likeness (QED) is 0.479. The first-order valence-corrected chi connectivity index (χ1v) is 12.4. The standard InChI is InChI=1S/C26H33ClN6O3/c1-26(2,3)22-16-23(30-24(34)29-20-9-7-19(27)8-10-20)33(31-22)21-6-4-5-18(15-21)17-28-25(35)32-11-13-36-14-12-32/h4-10,15-16,22,31H,11-14,17H2,1-3H3,(H,28,35)(H2,29,30,34).